The van der Waals surface area contributed by atoms with Crippen molar-refractivity contribution in [3.8, 4) is 0 Å². The van der Waals surface area contributed by atoms with E-state index < -0.39 is 0 Å². The molecule has 0 radical (unpaired) electrons. The summed E-state index contributed by atoms with van der Waals surface area (Å²) >= 11 is 1.71. The van der Waals surface area contributed by atoms with Gasteiger partial charge in [0.25, 0.3) is 0 Å². The number of rotatable bonds is 6. The number of hydrogen-bond donors (Lipinski definition) is 1. The fourth-order valence-corrected chi connectivity index (χ4v) is 3.02. The highest BCUT2D eigenvalue weighted by molar-refractivity contribution is 7.09. The Morgan fingerprint density at radius 1 is 1.42 bits per heavy atom. The van der Waals surface area contributed by atoms with Crippen molar-refractivity contribution >= 4 is 11.3 Å². The molecule has 0 aliphatic carbocycles. The van der Waals surface area contributed by atoms with Gasteiger partial charge in [-0.15, -0.1) is 11.3 Å². The third kappa shape index (κ3) is 3.42. The molecule has 4 nitrogen and oxygen atoms in total. The summed E-state index contributed by atoms with van der Waals surface area (Å²) in [6.07, 6.45) is 5.02. The molecule has 2 aromatic heterocycles. The minimum atomic E-state index is 0.334. The summed E-state index contributed by atoms with van der Waals surface area (Å²) < 4.78 is 1.90. The van der Waals surface area contributed by atoms with Gasteiger partial charge in [0.1, 0.15) is 5.01 Å². The van der Waals surface area contributed by atoms with Crippen LogP contribution in [0, 0.1) is 0 Å². The first-order valence-electron chi connectivity index (χ1n) is 6.77. The Hall–Kier alpha value is -1.20. The third-order valence-corrected chi connectivity index (χ3v) is 4.07. The highest BCUT2D eigenvalue weighted by Gasteiger charge is 2.15. The topological polar surface area (TPSA) is 42.7 Å². The molecule has 0 bridgehead atoms. The molecule has 0 aliphatic rings. The number of hydrogen-bond acceptors (Lipinski definition) is 4. The van der Waals surface area contributed by atoms with Crippen molar-refractivity contribution in [2.75, 3.05) is 0 Å². The Bertz CT molecular complexity index is 502. The second-order valence-corrected chi connectivity index (χ2v) is 6.01. The van der Waals surface area contributed by atoms with Gasteiger partial charge < -0.3 is 5.32 Å². The minimum Gasteiger partial charge on any atom is -0.304 e. The molecule has 2 aromatic rings. The molecule has 19 heavy (non-hydrogen) atoms. The van der Waals surface area contributed by atoms with E-state index in [2.05, 4.69) is 42.4 Å². The number of aromatic nitrogens is 3. The van der Waals surface area contributed by atoms with E-state index in [0.717, 1.165) is 18.0 Å². The fraction of sp³-hybridized carbons (Fsp3) is 0.571. The van der Waals surface area contributed by atoms with Crippen LogP contribution in [0.2, 0.25) is 0 Å². The number of aryl methyl sites for hydroxylation is 1. The van der Waals surface area contributed by atoms with Gasteiger partial charge in [-0.2, -0.15) is 5.10 Å². The van der Waals surface area contributed by atoms with Gasteiger partial charge in [0.15, 0.2) is 0 Å². The molecular weight excluding hydrogens is 256 g/mol. The van der Waals surface area contributed by atoms with Gasteiger partial charge in [-0.25, -0.2) is 4.98 Å². The van der Waals surface area contributed by atoms with E-state index in [4.69, 9.17) is 0 Å². The zero-order chi connectivity index (χ0) is 13.8. The summed E-state index contributed by atoms with van der Waals surface area (Å²) in [5, 5.41) is 11.3. The predicted molar refractivity (Wildman–Crippen MR) is 79.3 cm³/mol. The highest BCUT2D eigenvalue weighted by Crippen LogP contribution is 2.21. The molecule has 2 heterocycles. The summed E-state index contributed by atoms with van der Waals surface area (Å²) in [4.78, 5) is 4.40. The maximum atomic E-state index is 4.54. The molecule has 0 saturated heterocycles. The molecule has 5 heteroatoms. The Labute approximate surface area is 118 Å². The zero-order valence-electron chi connectivity index (χ0n) is 12.1. The summed E-state index contributed by atoms with van der Waals surface area (Å²) in [7, 11) is 1.98. The van der Waals surface area contributed by atoms with Crippen LogP contribution in [0.1, 0.15) is 55.4 Å². The first kappa shape index (κ1) is 14.2. The largest absolute Gasteiger partial charge is 0.304 e. The maximum Gasteiger partial charge on any atom is 0.109 e. The van der Waals surface area contributed by atoms with Crippen LogP contribution in [0.15, 0.2) is 17.8 Å². The second-order valence-electron chi connectivity index (χ2n) is 5.08. The van der Waals surface area contributed by atoms with E-state index in [9.17, 15) is 0 Å². The average molecular weight is 278 g/mol. The van der Waals surface area contributed by atoms with Crippen LogP contribution in [0.4, 0.5) is 0 Å². The van der Waals surface area contributed by atoms with E-state index in [0.29, 0.717) is 12.0 Å². The molecule has 1 atom stereocenters. The van der Waals surface area contributed by atoms with Gasteiger partial charge in [-0.3, -0.25) is 4.68 Å². The molecule has 0 aromatic carbocycles. The van der Waals surface area contributed by atoms with Crippen molar-refractivity contribution in [2.24, 2.45) is 7.05 Å². The van der Waals surface area contributed by atoms with Gasteiger partial charge in [0, 0.05) is 36.9 Å². The van der Waals surface area contributed by atoms with Crippen LogP contribution in [-0.2, 0) is 13.6 Å². The lowest BCUT2D eigenvalue weighted by Gasteiger charge is -2.14. The van der Waals surface area contributed by atoms with E-state index in [1.165, 1.54) is 11.3 Å². The van der Waals surface area contributed by atoms with Crippen molar-refractivity contribution in [3.05, 3.63) is 34.0 Å². The van der Waals surface area contributed by atoms with Crippen LogP contribution < -0.4 is 5.32 Å². The molecule has 104 valence electrons. The van der Waals surface area contributed by atoms with Crippen LogP contribution in [-0.4, -0.2) is 14.8 Å². The summed E-state index contributed by atoms with van der Waals surface area (Å²) in [6, 6.07) is 0.334. The molecule has 0 amide bonds. The first-order chi connectivity index (χ1) is 9.11. The van der Waals surface area contributed by atoms with Crippen molar-refractivity contribution < 1.29 is 0 Å². The van der Waals surface area contributed by atoms with Gasteiger partial charge in [-0.05, 0) is 12.3 Å². The van der Waals surface area contributed by atoms with Gasteiger partial charge >= 0.3 is 0 Å². The molecule has 0 spiro atoms. The monoisotopic (exact) mass is 278 g/mol. The molecule has 0 aliphatic heterocycles. The lowest BCUT2D eigenvalue weighted by Crippen LogP contribution is -2.20. The number of thiazole rings is 1. The Morgan fingerprint density at radius 2 is 2.21 bits per heavy atom. The zero-order valence-corrected chi connectivity index (χ0v) is 12.9. The molecule has 1 N–H and O–H groups in total. The normalized spacial score (nSPS) is 13.1. The first-order valence-corrected chi connectivity index (χ1v) is 7.65. The second kappa shape index (κ2) is 6.30. The summed E-state index contributed by atoms with van der Waals surface area (Å²) in [5.41, 5.74) is 2.47. The van der Waals surface area contributed by atoms with Crippen molar-refractivity contribution in [1.29, 1.82) is 0 Å². The van der Waals surface area contributed by atoms with Gasteiger partial charge in [0.05, 0.1) is 11.7 Å². The Morgan fingerprint density at radius 3 is 2.79 bits per heavy atom. The smallest absolute Gasteiger partial charge is 0.109 e. The van der Waals surface area contributed by atoms with E-state index in [1.807, 2.05) is 23.3 Å². The van der Waals surface area contributed by atoms with Crippen molar-refractivity contribution in [3.63, 3.8) is 0 Å². The van der Waals surface area contributed by atoms with Crippen LogP contribution in [0.25, 0.3) is 0 Å². The highest BCUT2D eigenvalue weighted by atomic mass is 32.1. The van der Waals surface area contributed by atoms with Crippen LogP contribution >= 0.6 is 11.3 Å². The minimum absolute atomic E-state index is 0.334. The van der Waals surface area contributed by atoms with Crippen LogP contribution in [0.5, 0.6) is 0 Å². The molecule has 0 fully saturated rings. The van der Waals surface area contributed by atoms with Crippen molar-refractivity contribution in [2.45, 2.75) is 45.7 Å². The summed E-state index contributed by atoms with van der Waals surface area (Å²) in [6.45, 7) is 7.40. The molecule has 0 saturated carbocycles. The maximum absolute atomic E-state index is 4.54. The summed E-state index contributed by atoms with van der Waals surface area (Å²) in [5.74, 6) is 0.456. The molecule has 2 rings (SSSR count). The Balaban J connectivity index is 2.05. The van der Waals surface area contributed by atoms with E-state index in [-0.39, 0.29) is 0 Å². The van der Waals surface area contributed by atoms with Gasteiger partial charge in [-0.1, -0.05) is 20.8 Å². The van der Waals surface area contributed by atoms with E-state index in [1.54, 1.807) is 11.3 Å². The lowest BCUT2D eigenvalue weighted by atomic mass is 10.1. The molecule has 1 unspecified atom stereocenters. The number of nitrogens with zero attached hydrogens (tertiary/aromatic N) is 3. The Kier molecular flexibility index (Phi) is 4.71. The van der Waals surface area contributed by atoms with Gasteiger partial charge in [0.2, 0.25) is 0 Å². The van der Waals surface area contributed by atoms with Crippen LogP contribution in [0.3, 0.4) is 0 Å². The standard InChI is InChI=1S/C14H22N4S/c1-5-12(14-15-6-7-19-14)16-8-11-9-18(4)17-13(11)10(2)3/h6-7,9-10,12,16H,5,8H2,1-4H3. The average Bonchev–Trinajstić information content (AvgIpc) is 2.99. The van der Waals surface area contributed by atoms with Crippen molar-refractivity contribution in [1.82, 2.24) is 20.1 Å². The van der Waals surface area contributed by atoms with E-state index >= 15 is 0 Å². The SMILES string of the molecule is CCC(NCc1cn(C)nc1C(C)C)c1nccs1. The number of nitrogens with one attached hydrogen (secondary N) is 1. The lowest BCUT2D eigenvalue weighted by molar-refractivity contribution is 0.514. The third-order valence-electron chi connectivity index (χ3n) is 3.18. The molecular formula is C14H22N4S. The predicted octanol–water partition coefficient (Wildman–Crippen LogP) is 3.24. The quantitative estimate of drug-likeness (QED) is 0.882. The fourth-order valence-electron chi connectivity index (χ4n) is 2.22.